The first-order chi connectivity index (χ1) is 10.7. The van der Waals surface area contributed by atoms with Gasteiger partial charge in [0.1, 0.15) is 0 Å². The fourth-order valence-electron chi connectivity index (χ4n) is 2.65. The second-order valence-electron chi connectivity index (χ2n) is 5.24. The Hall–Kier alpha value is -2.20. The highest BCUT2D eigenvalue weighted by Crippen LogP contribution is 2.22. The minimum Gasteiger partial charge on any atom is -0.350 e. The van der Waals surface area contributed by atoms with E-state index in [1.807, 2.05) is 55.9 Å². The number of hydrogen-bond donors (Lipinski definition) is 1. The Kier molecular flexibility index (Phi) is 4.20. The molecule has 2 aromatic carbocycles. The second-order valence-corrected chi connectivity index (χ2v) is 6.12. The van der Waals surface area contributed by atoms with E-state index >= 15 is 0 Å². The number of thioether (sulfide) groups is 1. The summed E-state index contributed by atoms with van der Waals surface area (Å²) in [6.45, 7) is 0. The summed E-state index contributed by atoms with van der Waals surface area (Å²) < 4.78 is 2.06. The number of hydrogen-bond acceptors (Lipinski definition) is 2. The van der Waals surface area contributed by atoms with E-state index in [-0.39, 0.29) is 5.91 Å². The number of carbonyl (C=O) groups excluding carboxylic acids is 1. The Morgan fingerprint density at radius 3 is 2.82 bits per heavy atom. The molecule has 1 heterocycles. The van der Waals surface area contributed by atoms with Crippen LogP contribution in [0.5, 0.6) is 0 Å². The van der Waals surface area contributed by atoms with Crippen LogP contribution < -0.4 is 5.32 Å². The monoisotopic (exact) mass is 310 g/mol. The average molecular weight is 310 g/mol. The van der Waals surface area contributed by atoms with Gasteiger partial charge in [-0.3, -0.25) is 4.79 Å². The number of rotatable bonds is 4. The molecule has 0 fully saturated rings. The Balaban J connectivity index is 1.78. The van der Waals surface area contributed by atoms with Crippen molar-refractivity contribution in [1.29, 1.82) is 0 Å². The molecule has 0 bridgehead atoms. The van der Waals surface area contributed by atoms with E-state index in [2.05, 4.69) is 22.0 Å². The van der Waals surface area contributed by atoms with E-state index < -0.39 is 0 Å². The molecule has 1 amide bonds. The van der Waals surface area contributed by atoms with Crippen molar-refractivity contribution >= 4 is 34.3 Å². The zero-order valence-corrected chi connectivity index (χ0v) is 13.5. The molecule has 0 radical (unpaired) electrons. The minimum absolute atomic E-state index is 0.00889. The third-order valence-electron chi connectivity index (χ3n) is 3.68. The van der Waals surface area contributed by atoms with Gasteiger partial charge in [-0.2, -0.15) is 0 Å². The normalized spacial score (nSPS) is 10.8. The molecule has 4 heteroatoms. The van der Waals surface area contributed by atoms with Crippen LogP contribution in [0.3, 0.4) is 0 Å². The van der Waals surface area contributed by atoms with Gasteiger partial charge in [0.15, 0.2) is 0 Å². The molecule has 0 saturated carbocycles. The SMILES string of the molecule is CSc1cccc(NC(=O)Cc2cn(C)c3ccccc23)c1. The van der Waals surface area contributed by atoms with Gasteiger partial charge in [0, 0.05) is 34.7 Å². The fraction of sp³-hybridized carbons (Fsp3) is 0.167. The summed E-state index contributed by atoms with van der Waals surface area (Å²) in [4.78, 5) is 13.4. The van der Waals surface area contributed by atoms with Crippen LogP contribution in [0, 0.1) is 0 Å². The summed E-state index contributed by atoms with van der Waals surface area (Å²) >= 11 is 1.66. The van der Waals surface area contributed by atoms with Crippen LogP contribution in [0.1, 0.15) is 5.56 Å². The summed E-state index contributed by atoms with van der Waals surface area (Å²) in [5.74, 6) is 0.00889. The molecule has 3 rings (SSSR count). The summed E-state index contributed by atoms with van der Waals surface area (Å²) in [5, 5.41) is 4.11. The maximum absolute atomic E-state index is 12.3. The Labute approximate surface area is 134 Å². The van der Waals surface area contributed by atoms with Crippen molar-refractivity contribution in [3.63, 3.8) is 0 Å². The molecule has 1 aromatic heterocycles. The van der Waals surface area contributed by atoms with Gasteiger partial charge < -0.3 is 9.88 Å². The van der Waals surface area contributed by atoms with Gasteiger partial charge in [-0.15, -0.1) is 11.8 Å². The lowest BCUT2D eigenvalue weighted by atomic mass is 10.1. The molecule has 3 nitrogen and oxygen atoms in total. The fourth-order valence-corrected chi connectivity index (χ4v) is 3.10. The number of fused-ring (bicyclic) bond motifs is 1. The Morgan fingerprint density at radius 1 is 1.18 bits per heavy atom. The van der Waals surface area contributed by atoms with Crippen molar-refractivity contribution in [2.24, 2.45) is 7.05 Å². The number of para-hydroxylation sites is 1. The zero-order chi connectivity index (χ0) is 15.5. The van der Waals surface area contributed by atoms with Gasteiger partial charge in [0.2, 0.25) is 5.91 Å². The lowest BCUT2D eigenvalue weighted by Gasteiger charge is -2.06. The van der Waals surface area contributed by atoms with E-state index in [1.54, 1.807) is 11.8 Å². The van der Waals surface area contributed by atoms with E-state index in [0.717, 1.165) is 27.0 Å². The third kappa shape index (κ3) is 3.02. The van der Waals surface area contributed by atoms with Gasteiger partial charge in [-0.25, -0.2) is 0 Å². The number of nitrogens with one attached hydrogen (secondary N) is 1. The van der Waals surface area contributed by atoms with E-state index in [1.165, 1.54) is 0 Å². The number of carbonyl (C=O) groups is 1. The molecule has 0 aliphatic rings. The maximum atomic E-state index is 12.3. The van der Waals surface area contributed by atoms with Crippen molar-refractivity contribution in [2.75, 3.05) is 11.6 Å². The van der Waals surface area contributed by atoms with Crippen LogP contribution >= 0.6 is 11.8 Å². The molecule has 3 aromatic rings. The molecule has 0 saturated heterocycles. The maximum Gasteiger partial charge on any atom is 0.228 e. The Morgan fingerprint density at radius 2 is 2.00 bits per heavy atom. The first-order valence-corrected chi connectivity index (χ1v) is 8.36. The highest BCUT2D eigenvalue weighted by atomic mass is 32.2. The highest BCUT2D eigenvalue weighted by molar-refractivity contribution is 7.98. The van der Waals surface area contributed by atoms with E-state index in [9.17, 15) is 4.79 Å². The van der Waals surface area contributed by atoms with E-state index in [0.29, 0.717) is 6.42 Å². The van der Waals surface area contributed by atoms with Crippen LogP contribution in [-0.4, -0.2) is 16.7 Å². The molecule has 0 aliphatic carbocycles. The number of benzene rings is 2. The topological polar surface area (TPSA) is 34.0 Å². The van der Waals surface area contributed by atoms with Gasteiger partial charge in [0.25, 0.3) is 0 Å². The lowest BCUT2D eigenvalue weighted by molar-refractivity contribution is -0.115. The quantitative estimate of drug-likeness (QED) is 0.737. The first kappa shape index (κ1) is 14.7. The minimum atomic E-state index is 0.00889. The molecule has 22 heavy (non-hydrogen) atoms. The predicted octanol–water partition coefficient (Wildman–Crippen LogP) is 4.08. The Bertz CT molecular complexity index is 823. The molecule has 1 N–H and O–H groups in total. The number of aryl methyl sites for hydroxylation is 1. The standard InChI is InChI=1S/C18H18N2OS/c1-20-12-13(16-8-3-4-9-17(16)20)10-18(21)19-14-6-5-7-15(11-14)22-2/h3-9,11-12H,10H2,1-2H3,(H,19,21). The van der Waals surface area contributed by atoms with Crippen LogP contribution in [0.15, 0.2) is 59.6 Å². The second kappa shape index (κ2) is 6.28. The van der Waals surface area contributed by atoms with Crippen LogP contribution in [0.4, 0.5) is 5.69 Å². The number of nitrogens with zero attached hydrogens (tertiary/aromatic N) is 1. The summed E-state index contributed by atoms with van der Waals surface area (Å²) in [6, 6.07) is 16.0. The largest absolute Gasteiger partial charge is 0.350 e. The molecule has 0 aliphatic heterocycles. The number of anilines is 1. The van der Waals surface area contributed by atoms with Gasteiger partial charge in [0.05, 0.1) is 6.42 Å². The first-order valence-electron chi connectivity index (χ1n) is 7.14. The van der Waals surface area contributed by atoms with Crippen LogP contribution in [-0.2, 0) is 18.3 Å². The van der Waals surface area contributed by atoms with Gasteiger partial charge >= 0.3 is 0 Å². The van der Waals surface area contributed by atoms with Crippen molar-refractivity contribution in [2.45, 2.75) is 11.3 Å². The predicted molar refractivity (Wildman–Crippen MR) is 93.5 cm³/mol. The molecular weight excluding hydrogens is 292 g/mol. The van der Waals surface area contributed by atoms with E-state index in [4.69, 9.17) is 0 Å². The van der Waals surface area contributed by atoms with Crippen molar-refractivity contribution in [1.82, 2.24) is 4.57 Å². The summed E-state index contributed by atoms with van der Waals surface area (Å²) in [6.07, 6.45) is 4.43. The molecule has 112 valence electrons. The molecular formula is C18H18N2OS. The lowest BCUT2D eigenvalue weighted by Crippen LogP contribution is -2.14. The molecule has 0 spiro atoms. The summed E-state index contributed by atoms with van der Waals surface area (Å²) in [5.41, 5.74) is 3.04. The van der Waals surface area contributed by atoms with Gasteiger partial charge in [-0.1, -0.05) is 24.3 Å². The highest BCUT2D eigenvalue weighted by Gasteiger charge is 2.10. The molecule has 0 unspecified atom stereocenters. The van der Waals surface area contributed by atoms with Crippen molar-refractivity contribution < 1.29 is 4.79 Å². The van der Waals surface area contributed by atoms with Crippen LogP contribution in [0.2, 0.25) is 0 Å². The number of amides is 1. The summed E-state index contributed by atoms with van der Waals surface area (Å²) in [7, 11) is 2.01. The van der Waals surface area contributed by atoms with Gasteiger partial charge in [-0.05, 0) is 36.1 Å². The zero-order valence-electron chi connectivity index (χ0n) is 12.7. The van der Waals surface area contributed by atoms with Crippen molar-refractivity contribution in [3.8, 4) is 0 Å². The third-order valence-corrected chi connectivity index (χ3v) is 4.41. The van der Waals surface area contributed by atoms with Crippen molar-refractivity contribution in [3.05, 3.63) is 60.3 Å². The molecule has 0 atom stereocenters. The smallest absolute Gasteiger partial charge is 0.228 e. The number of aromatic nitrogens is 1. The average Bonchev–Trinajstić information content (AvgIpc) is 2.84. The van der Waals surface area contributed by atoms with Crippen LogP contribution in [0.25, 0.3) is 10.9 Å².